The Bertz CT molecular complexity index is 1470. The molecule has 0 heterocycles. The molecule has 0 aliphatic rings. The van der Waals surface area contributed by atoms with Gasteiger partial charge in [-0.2, -0.15) is 0 Å². The van der Waals surface area contributed by atoms with Crippen molar-refractivity contribution in [3.63, 3.8) is 0 Å². The van der Waals surface area contributed by atoms with Gasteiger partial charge in [0.2, 0.25) is 0 Å². The number of carbonyl (C=O) groups excluding carboxylic acids is 2. The number of hydrogen-bond donors (Lipinski definition) is 4. The zero-order chi connectivity index (χ0) is 29.6. The number of fused-ring (bicyclic) bond motifs is 1. The first kappa shape index (κ1) is 31.1. The molecule has 11 nitrogen and oxygen atoms in total. The first-order valence-electron chi connectivity index (χ1n) is 11.8. The summed E-state index contributed by atoms with van der Waals surface area (Å²) in [4.78, 5) is 27.2. The molecule has 1 amide bonds. The second kappa shape index (κ2) is 12.1. The molecule has 0 saturated heterocycles. The van der Waals surface area contributed by atoms with Crippen LogP contribution in [0.15, 0.2) is 65.6 Å². The van der Waals surface area contributed by atoms with Crippen LogP contribution in [0.2, 0.25) is 0 Å². The Kier molecular flexibility index (Phi) is 9.66. The maximum atomic E-state index is 12.5. The van der Waals surface area contributed by atoms with E-state index in [1.54, 1.807) is 65.0 Å². The van der Waals surface area contributed by atoms with E-state index in [2.05, 4.69) is 10.3 Å². The molecule has 0 aliphatic heterocycles. The van der Waals surface area contributed by atoms with Crippen LogP contribution >= 0.6 is 0 Å². The van der Waals surface area contributed by atoms with E-state index in [1.807, 2.05) is 25.1 Å². The predicted molar refractivity (Wildman–Crippen MR) is 146 cm³/mol. The minimum Gasteiger partial charge on any atom is -0.744 e. The van der Waals surface area contributed by atoms with Crippen LogP contribution < -0.4 is 26.5 Å². The van der Waals surface area contributed by atoms with Crippen molar-refractivity contribution in [2.75, 3.05) is 0 Å². The van der Waals surface area contributed by atoms with E-state index in [1.165, 1.54) is 12.1 Å². The van der Waals surface area contributed by atoms with Crippen LogP contribution in [-0.2, 0) is 19.6 Å². The zero-order valence-corrected chi connectivity index (χ0v) is 23.5. The molecular formula is C27H34N4O7S. The number of rotatable bonds is 5. The number of benzene rings is 3. The maximum absolute atomic E-state index is 12.5. The number of hydrogen-bond acceptors (Lipinski definition) is 7. The average Bonchev–Trinajstić information content (AvgIpc) is 2.77. The third-order valence-corrected chi connectivity index (χ3v) is 5.82. The van der Waals surface area contributed by atoms with Crippen molar-refractivity contribution in [2.45, 2.75) is 57.6 Å². The van der Waals surface area contributed by atoms with Crippen molar-refractivity contribution < 1.29 is 37.0 Å². The van der Waals surface area contributed by atoms with Crippen LogP contribution in [0.4, 0.5) is 10.5 Å². The standard InChI is InChI=1S/C20H26N4O4.C7H8O3S/c1-19(2,3)28-18(26)24-20(4,5)16(25)27-13-9-10-14-12(11-13)7-6-8-15(14)23-17(21)22;1-6-2-4-7(5-3-6)11(8,9)10/h6-11H,1-5H3,(H,24,26)(H4,21,22,23);2-5H,1H3,(H,8,9,10). The molecule has 0 fully saturated rings. The summed E-state index contributed by atoms with van der Waals surface area (Å²) in [7, 11) is -4.27. The van der Waals surface area contributed by atoms with Gasteiger partial charge in [0, 0.05) is 5.39 Å². The van der Waals surface area contributed by atoms with Crippen LogP contribution in [0.25, 0.3) is 10.8 Å². The van der Waals surface area contributed by atoms with Gasteiger partial charge in [-0.15, -0.1) is 0 Å². The first-order chi connectivity index (χ1) is 17.9. The van der Waals surface area contributed by atoms with Gasteiger partial charge in [-0.1, -0.05) is 29.8 Å². The van der Waals surface area contributed by atoms with Crippen molar-refractivity contribution >= 4 is 44.6 Å². The number of esters is 1. The third-order valence-electron chi connectivity index (χ3n) is 4.97. The quantitative estimate of drug-likeness (QED) is 0.119. The molecule has 0 saturated carbocycles. The van der Waals surface area contributed by atoms with Gasteiger partial charge < -0.3 is 19.3 Å². The van der Waals surface area contributed by atoms with Gasteiger partial charge >= 0.3 is 18.0 Å². The monoisotopic (exact) mass is 558 g/mol. The largest absolute Gasteiger partial charge is 0.744 e. The minimum absolute atomic E-state index is 0.0815. The number of nitrogens with two attached hydrogens (primary N) is 2. The van der Waals surface area contributed by atoms with Crippen LogP contribution in [0.1, 0.15) is 40.2 Å². The molecule has 0 radical (unpaired) electrons. The van der Waals surface area contributed by atoms with E-state index >= 15 is 0 Å². The highest BCUT2D eigenvalue weighted by Gasteiger charge is 2.33. The van der Waals surface area contributed by atoms with E-state index in [9.17, 15) is 22.6 Å². The number of ether oxygens (including phenoxy) is 2. The van der Waals surface area contributed by atoms with Gasteiger partial charge in [0.05, 0.1) is 4.90 Å². The Labute approximate surface area is 227 Å². The van der Waals surface area contributed by atoms with Crippen LogP contribution in [0, 0.1) is 6.92 Å². The van der Waals surface area contributed by atoms with Gasteiger partial charge in [-0.05, 0) is 83.3 Å². The van der Waals surface area contributed by atoms with E-state index < -0.39 is 33.3 Å². The summed E-state index contributed by atoms with van der Waals surface area (Å²) < 4.78 is 41.8. The molecule has 39 heavy (non-hydrogen) atoms. The Balaban J connectivity index is 0.000000404. The Morgan fingerprint density at radius 1 is 0.949 bits per heavy atom. The molecule has 12 heteroatoms. The minimum atomic E-state index is -4.27. The number of nitrogens with one attached hydrogen (secondary N) is 2. The van der Waals surface area contributed by atoms with E-state index in [-0.39, 0.29) is 10.9 Å². The summed E-state index contributed by atoms with van der Waals surface area (Å²) in [6.45, 7) is 10.1. The molecular weight excluding hydrogens is 524 g/mol. The summed E-state index contributed by atoms with van der Waals surface area (Å²) in [5, 5.41) is 4.22. The van der Waals surface area contributed by atoms with Crippen LogP contribution in [0.5, 0.6) is 5.75 Å². The summed E-state index contributed by atoms with van der Waals surface area (Å²) >= 11 is 0. The van der Waals surface area contributed by atoms with Crippen LogP contribution in [0.3, 0.4) is 0 Å². The number of aryl methyl sites for hydroxylation is 1. The zero-order valence-electron chi connectivity index (χ0n) is 22.7. The molecule has 210 valence electrons. The number of carbonyl (C=O) groups is 2. The fourth-order valence-corrected chi connectivity index (χ4v) is 3.61. The van der Waals surface area contributed by atoms with Gasteiger partial charge in [-0.25, -0.2) is 23.0 Å². The van der Waals surface area contributed by atoms with E-state index in [0.29, 0.717) is 5.75 Å². The first-order valence-corrected chi connectivity index (χ1v) is 13.2. The molecule has 3 rings (SSSR count). The summed E-state index contributed by atoms with van der Waals surface area (Å²) in [5.41, 5.74) is 10.7. The fourth-order valence-electron chi connectivity index (χ4n) is 3.14. The van der Waals surface area contributed by atoms with Crippen molar-refractivity contribution in [1.29, 1.82) is 0 Å². The van der Waals surface area contributed by atoms with Gasteiger partial charge in [-0.3, -0.25) is 11.5 Å². The lowest BCUT2D eigenvalue weighted by atomic mass is 10.1. The summed E-state index contributed by atoms with van der Waals surface area (Å²) in [6.07, 6.45) is -0.695. The molecule has 0 unspecified atom stereocenters. The molecule has 3 aromatic rings. The highest BCUT2D eigenvalue weighted by Crippen LogP contribution is 2.25. The molecule has 3 aromatic carbocycles. The average molecular weight is 559 g/mol. The normalized spacial score (nSPS) is 11.6. The molecule has 0 atom stereocenters. The molecule has 0 aromatic heterocycles. The molecule has 6 N–H and O–H groups in total. The van der Waals surface area contributed by atoms with Gasteiger partial charge in [0.25, 0.3) is 0 Å². The maximum Gasteiger partial charge on any atom is 0.408 e. The number of guanidine groups is 1. The van der Waals surface area contributed by atoms with Gasteiger partial charge in [0.1, 0.15) is 32.7 Å². The fraction of sp³-hybridized carbons (Fsp3) is 0.296. The number of amides is 1. The number of alkyl carbamates (subject to hydrolysis) is 1. The van der Waals surface area contributed by atoms with E-state index in [4.69, 9.17) is 20.9 Å². The second-order valence-corrected chi connectivity index (χ2v) is 11.6. The molecule has 0 bridgehead atoms. The Morgan fingerprint density at radius 2 is 1.56 bits per heavy atom. The Hall–Kier alpha value is -4.16. The molecule has 0 aliphatic carbocycles. The lowest BCUT2D eigenvalue weighted by molar-refractivity contribution is -0.354. The summed E-state index contributed by atoms with van der Waals surface area (Å²) in [5.74, 6) is -0.192. The Morgan fingerprint density at radius 3 is 2.10 bits per heavy atom. The third kappa shape index (κ3) is 9.91. The lowest BCUT2D eigenvalue weighted by Crippen LogP contribution is -2.72. The summed E-state index contributed by atoms with van der Waals surface area (Å²) in [6, 6.07) is 16.5. The highest BCUT2D eigenvalue weighted by atomic mass is 32.2. The van der Waals surface area contributed by atoms with Crippen molar-refractivity contribution in [1.82, 2.24) is 5.32 Å². The van der Waals surface area contributed by atoms with E-state index in [0.717, 1.165) is 22.0 Å². The van der Waals surface area contributed by atoms with Gasteiger partial charge in [0.15, 0.2) is 0 Å². The van der Waals surface area contributed by atoms with Crippen molar-refractivity contribution in [3.05, 3.63) is 66.2 Å². The smallest absolute Gasteiger partial charge is 0.408 e. The molecule has 0 spiro atoms. The highest BCUT2D eigenvalue weighted by molar-refractivity contribution is 7.85. The SMILES string of the molecule is CC(C)(C)OC(=O)NC(C)(C)C(=O)Oc1ccc2c([NH+]=C(N)N)cccc2c1.Cc1ccc(S(=O)(=O)[O-])cc1. The van der Waals surface area contributed by atoms with Crippen molar-refractivity contribution in [3.8, 4) is 5.75 Å². The second-order valence-electron chi connectivity index (χ2n) is 10.2. The van der Waals surface area contributed by atoms with Crippen LogP contribution in [-0.4, -0.2) is 42.1 Å². The predicted octanol–water partition coefficient (Wildman–Crippen LogP) is 1.93. The topological polar surface area (TPSA) is 188 Å². The van der Waals surface area contributed by atoms with Crippen molar-refractivity contribution in [2.24, 2.45) is 11.5 Å². The lowest BCUT2D eigenvalue weighted by Gasteiger charge is -2.26.